The fourth-order valence-corrected chi connectivity index (χ4v) is 5.15. The van der Waals surface area contributed by atoms with E-state index in [1.165, 1.54) is 16.8 Å². The van der Waals surface area contributed by atoms with E-state index in [-0.39, 0.29) is 0 Å². The number of rotatable bonds is 5. The van der Waals surface area contributed by atoms with Gasteiger partial charge in [-0.3, -0.25) is 0 Å². The Labute approximate surface area is 159 Å². The van der Waals surface area contributed by atoms with E-state index in [1.807, 2.05) is 30.5 Å². The van der Waals surface area contributed by atoms with Crippen LogP contribution in [-0.4, -0.2) is 32.1 Å². The third-order valence-corrected chi connectivity index (χ3v) is 6.41. The highest BCUT2D eigenvalue weighted by atomic mass is 32.1. The van der Waals surface area contributed by atoms with Crippen molar-refractivity contribution in [3.63, 3.8) is 0 Å². The molecule has 0 saturated heterocycles. The molecule has 1 aliphatic carbocycles. The number of carboxylic acid groups (broad SMARTS) is 1. The Hall–Kier alpha value is -2.93. The summed E-state index contributed by atoms with van der Waals surface area (Å²) in [7, 11) is 0. The first kappa shape index (κ1) is 16.3. The van der Waals surface area contributed by atoms with Gasteiger partial charge in [0.25, 0.3) is 0 Å². The minimum atomic E-state index is -0.890. The highest BCUT2D eigenvalue weighted by Crippen LogP contribution is 2.39. The van der Waals surface area contributed by atoms with E-state index in [4.69, 9.17) is 0 Å². The first-order chi connectivity index (χ1) is 13.2. The van der Waals surface area contributed by atoms with Crippen molar-refractivity contribution in [1.82, 2.24) is 15.0 Å². The Morgan fingerprint density at radius 1 is 1.30 bits per heavy atom. The SMILES string of the molecule is O=C(O)C(Cc1c[nH]c2ccccc12)Nc1ncnc2sc3c(c12)CCC3. The number of H-pyrrole nitrogens is 1. The summed E-state index contributed by atoms with van der Waals surface area (Å²) in [4.78, 5) is 26.2. The molecule has 0 spiro atoms. The maximum absolute atomic E-state index is 12.0. The lowest BCUT2D eigenvalue weighted by Crippen LogP contribution is -2.32. The lowest BCUT2D eigenvalue weighted by Gasteiger charge is -2.16. The van der Waals surface area contributed by atoms with E-state index in [0.29, 0.717) is 12.2 Å². The maximum atomic E-state index is 12.0. The van der Waals surface area contributed by atoms with Crippen LogP contribution in [0.15, 0.2) is 36.8 Å². The second kappa shape index (κ2) is 6.35. The monoisotopic (exact) mass is 378 g/mol. The summed E-state index contributed by atoms with van der Waals surface area (Å²) >= 11 is 1.70. The predicted molar refractivity (Wildman–Crippen MR) is 106 cm³/mol. The quantitative estimate of drug-likeness (QED) is 0.492. The van der Waals surface area contributed by atoms with Crippen LogP contribution in [0.4, 0.5) is 5.82 Å². The number of para-hydroxylation sites is 1. The Balaban J connectivity index is 1.51. The van der Waals surface area contributed by atoms with Crippen LogP contribution < -0.4 is 5.32 Å². The molecule has 5 rings (SSSR count). The van der Waals surface area contributed by atoms with Gasteiger partial charge in [-0.25, -0.2) is 14.8 Å². The molecule has 0 aliphatic heterocycles. The molecule has 3 aromatic heterocycles. The number of carboxylic acids is 1. The molecule has 6 nitrogen and oxygen atoms in total. The first-order valence-electron chi connectivity index (χ1n) is 9.00. The van der Waals surface area contributed by atoms with Gasteiger partial charge in [0, 0.05) is 28.4 Å². The number of aromatic amines is 1. The molecule has 27 heavy (non-hydrogen) atoms. The van der Waals surface area contributed by atoms with Crippen LogP contribution in [0.25, 0.3) is 21.1 Å². The number of anilines is 1. The van der Waals surface area contributed by atoms with Crippen molar-refractivity contribution < 1.29 is 9.90 Å². The molecule has 0 bridgehead atoms. The van der Waals surface area contributed by atoms with Gasteiger partial charge in [-0.05, 0) is 36.5 Å². The number of nitrogens with one attached hydrogen (secondary N) is 2. The molecule has 0 amide bonds. The van der Waals surface area contributed by atoms with Crippen molar-refractivity contribution in [3.05, 3.63) is 52.8 Å². The number of aliphatic carboxylic acids is 1. The van der Waals surface area contributed by atoms with Gasteiger partial charge in [0.1, 0.15) is 23.0 Å². The molecule has 3 N–H and O–H groups in total. The van der Waals surface area contributed by atoms with Crippen molar-refractivity contribution >= 4 is 44.2 Å². The number of aryl methyl sites for hydroxylation is 2. The summed E-state index contributed by atoms with van der Waals surface area (Å²) in [6, 6.07) is 7.16. The van der Waals surface area contributed by atoms with Crippen LogP contribution in [0.1, 0.15) is 22.4 Å². The van der Waals surface area contributed by atoms with Gasteiger partial charge in [0.2, 0.25) is 0 Å². The van der Waals surface area contributed by atoms with Crippen molar-refractivity contribution in [2.45, 2.75) is 31.7 Å². The average Bonchev–Trinajstić information content (AvgIpc) is 3.35. The second-order valence-corrected chi connectivity index (χ2v) is 7.94. The van der Waals surface area contributed by atoms with Gasteiger partial charge in [-0.2, -0.15) is 0 Å². The molecule has 7 heteroatoms. The molecular weight excluding hydrogens is 360 g/mol. The summed E-state index contributed by atoms with van der Waals surface area (Å²) in [6.45, 7) is 0. The van der Waals surface area contributed by atoms with Gasteiger partial charge < -0.3 is 15.4 Å². The maximum Gasteiger partial charge on any atom is 0.326 e. The zero-order valence-electron chi connectivity index (χ0n) is 14.5. The largest absolute Gasteiger partial charge is 0.480 e. The van der Waals surface area contributed by atoms with Gasteiger partial charge >= 0.3 is 5.97 Å². The highest BCUT2D eigenvalue weighted by Gasteiger charge is 2.25. The molecule has 3 heterocycles. The first-order valence-corrected chi connectivity index (χ1v) is 9.82. The third kappa shape index (κ3) is 2.75. The van der Waals surface area contributed by atoms with Gasteiger partial charge in [-0.15, -0.1) is 11.3 Å². The van der Waals surface area contributed by atoms with Crippen LogP contribution >= 0.6 is 11.3 Å². The van der Waals surface area contributed by atoms with Crippen LogP contribution in [0.3, 0.4) is 0 Å². The molecule has 0 radical (unpaired) electrons. The van der Waals surface area contributed by atoms with Crippen LogP contribution in [0.2, 0.25) is 0 Å². The number of hydrogen-bond donors (Lipinski definition) is 3. The molecule has 1 aliphatic rings. The fourth-order valence-electron chi connectivity index (χ4n) is 3.92. The second-order valence-electron chi connectivity index (χ2n) is 6.86. The molecule has 1 aromatic carbocycles. The van der Waals surface area contributed by atoms with Crippen LogP contribution in [0, 0.1) is 0 Å². The zero-order valence-corrected chi connectivity index (χ0v) is 15.3. The molecule has 1 unspecified atom stereocenters. The average molecular weight is 378 g/mol. The zero-order chi connectivity index (χ0) is 18.4. The number of thiophene rings is 1. The molecular formula is C20H18N4O2S. The minimum Gasteiger partial charge on any atom is -0.480 e. The minimum absolute atomic E-state index is 0.372. The smallest absolute Gasteiger partial charge is 0.326 e. The summed E-state index contributed by atoms with van der Waals surface area (Å²) in [6.07, 6.45) is 7.01. The number of hydrogen-bond acceptors (Lipinski definition) is 5. The van der Waals surface area contributed by atoms with Crippen LogP contribution in [-0.2, 0) is 24.1 Å². The third-order valence-electron chi connectivity index (χ3n) is 5.21. The molecule has 0 saturated carbocycles. The van der Waals surface area contributed by atoms with E-state index in [1.54, 1.807) is 11.3 Å². The predicted octanol–water partition coefficient (Wildman–Crippen LogP) is 3.77. The molecule has 4 aromatic rings. The van der Waals surface area contributed by atoms with E-state index in [2.05, 4.69) is 20.3 Å². The number of benzene rings is 1. The Morgan fingerprint density at radius 2 is 2.19 bits per heavy atom. The Bertz CT molecular complexity index is 1160. The summed E-state index contributed by atoms with van der Waals surface area (Å²) in [5, 5.41) is 15.0. The van der Waals surface area contributed by atoms with Crippen molar-refractivity contribution in [1.29, 1.82) is 0 Å². The lowest BCUT2D eigenvalue weighted by molar-refractivity contribution is -0.137. The highest BCUT2D eigenvalue weighted by molar-refractivity contribution is 7.19. The number of carbonyl (C=O) groups is 1. The summed E-state index contributed by atoms with van der Waals surface area (Å²) < 4.78 is 0. The topological polar surface area (TPSA) is 90.9 Å². The van der Waals surface area contributed by atoms with Crippen molar-refractivity contribution in [2.24, 2.45) is 0 Å². The molecule has 1 atom stereocenters. The Kier molecular flexibility index (Phi) is 3.82. The Morgan fingerprint density at radius 3 is 3.07 bits per heavy atom. The normalized spacial score (nSPS) is 14.5. The van der Waals surface area contributed by atoms with Gasteiger partial charge in [0.15, 0.2) is 0 Å². The fraction of sp³-hybridized carbons (Fsp3) is 0.250. The summed E-state index contributed by atoms with van der Waals surface area (Å²) in [5.74, 6) is -0.259. The number of aromatic nitrogens is 3. The van der Waals surface area contributed by atoms with Gasteiger partial charge in [-0.1, -0.05) is 18.2 Å². The van der Waals surface area contributed by atoms with Gasteiger partial charge in [0.05, 0.1) is 5.39 Å². The number of fused-ring (bicyclic) bond motifs is 4. The standard InChI is InChI=1S/C20H18N4O2S/c25-20(26)15(8-11-9-21-14-6-2-1-4-12(11)14)24-18-17-13-5-3-7-16(13)27-19(17)23-10-22-18/h1-2,4,6,9-10,15,21H,3,5,7-8H2,(H,25,26)(H,22,23,24). The molecule has 0 fully saturated rings. The number of nitrogens with zero attached hydrogens (tertiary/aromatic N) is 2. The van der Waals surface area contributed by atoms with Crippen molar-refractivity contribution in [2.75, 3.05) is 5.32 Å². The van der Waals surface area contributed by atoms with E-state index in [9.17, 15) is 9.90 Å². The van der Waals surface area contributed by atoms with Crippen molar-refractivity contribution in [3.8, 4) is 0 Å². The van der Waals surface area contributed by atoms with Crippen LogP contribution in [0.5, 0.6) is 0 Å². The molecule has 136 valence electrons. The van der Waals surface area contributed by atoms with E-state index in [0.717, 1.165) is 45.9 Å². The van der Waals surface area contributed by atoms with E-state index >= 15 is 0 Å². The summed E-state index contributed by atoms with van der Waals surface area (Å²) in [5.41, 5.74) is 3.28. The lowest BCUT2D eigenvalue weighted by atomic mass is 10.0. The van der Waals surface area contributed by atoms with E-state index < -0.39 is 12.0 Å².